The number of nitrogens with zero attached hydrogens (tertiary/aromatic N) is 3. The van der Waals surface area contributed by atoms with E-state index in [0.29, 0.717) is 49.3 Å². The van der Waals surface area contributed by atoms with E-state index >= 15 is 0 Å². The number of fused-ring (bicyclic) bond motifs is 1. The maximum absolute atomic E-state index is 13.4. The third-order valence-corrected chi connectivity index (χ3v) is 5.77. The van der Waals surface area contributed by atoms with E-state index in [0.717, 1.165) is 10.3 Å². The van der Waals surface area contributed by atoms with Gasteiger partial charge in [-0.25, -0.2) is 19.1 Å². The van der Waals surface area contributed by atoms with E-state index in [9.17, 15) is 24.3 Å². The number of aromatic nitrogens is 2. The van der Waals surface area contributed by atoms with Crippen molar-refractivity contribution in [2.75, 3.05) is 31.2 Å². The van der Waals surface area contributed by atoms with Crippen molar-refractivity contribution < 1.29 is 38.5 Å². The van der Waals surface area contributed by atoms with Crippen molar-refractivity contribution in [3.8, 4) is 0 Å². The first-order valence-corrected chi connectivity index (χ1v) is 11.9. The van der Waals surface area contributed by atoms with Gasteiger partial charge in [-0.2, -0.15) is 0 Å². The molecule has 36 heavy (non-hydrogen) atoms. The van der Waals surface area contributed by atoms with E-state index < -0.39 is 41.4 Å². The number of ketones is 1. The van der Waals surface area contributed by atoms with Gasteiger partial charge in [-0.1, -0.05) is 6.92 Å². The van der Waals surface area contributed by atoms with Crippen molar-refractivity contribution in [1.82, 2.24) is 9.55 Å². The Morgan fingerprint density at radius 2 is 1.81 bits per heavy atom. The first-order chi connectivity index (χ1) is 16.8. The Kier molecular flexibility index (Phi) is 8.02. The van der Waals surface area contributed by atoms with Crippen LogP contribution in [0, 0.1) is 6.92 Å². The molecule has 1 N–H and O–H groups in total. The zero-order valence-electron chi connectivity index (χ0n) is 21.5. The van der Waals surface area contributed by atoms with E-state index in [-0.39, 0.29) is 5.82 Å². The highest BCUT2D eigenvalue weighted by Crippen LogP contribution is 2.32. The Balaban J connectivity index is 2.27. The summed E-state index contributed by atoms with van der Waals surface area (Å²) in [7, 11) is 0. The quantitative estimate of drug-likeness (QED) is 0.341. The number of carboxylic acid groups (broad SMARTS) is 1. The molecule has 1 aromatic heterocycles. The van der Waals surface area contributed by atoms with E-state index in [1.807, 2.05) is 6.07 Å². The van der Waals surface area contributed by atoms with Gasteiger partial charge in [0.05, 0.1) is 30.4 Å². The number of aliphatic carboxylic acids is 1. The summed E-state index contributed by atoms with van der Waals surface area (Å²) in [4.78, 5) is 57.5. The fraction of sp³-hybridized carbons (Fsp3) is 0.560. The highest BCUT2D eigenvalue weighted by molar-refractivity contribution is 6.39. The zero-order chi connectivity index (χ0) is 26.8. The largest absolute Gasteiger partial charge is 0.475 e. The molecule has 0 aliphatic carbocycles. The molecule has 1 fully saturated rings. The lowest BCUT2D eigenvalue weighted by atomic mass is 10.0. The van der Waals surface area contributed by atoms with Gasteiger partial charge < -0.3 is 24.2 Å². The first-order valence-electron chi connectivity index (χ1n) is 11.9. The lowest BCUT2D eigenvalue weighted by molar-refractivity contribution is -0.159. The number of carbonyl (C=O) groups excluding carboxylic acids is 3. The molecule has 2 heterocycles. The van der Waals surface area contributed by atoms with Crippen molar-refractivity contribution in [2.24, 2.45) is 0 Å². The summed E-state index contributed by atoms with van der Waals surface area (Å²) in [6.45, 7) is 12.6. The molecule has 0 spiro atoms. The predicted octanol–water partition coefficient (Wildman–Crippen LogP) is 3.04. The Bertz CT molecular complexity index is 1170. The molecule has 11 heteroatoms. The van der Waals surface area contributed by atoms with Gasteiger partial charge in [0.1, 0.15) is 11.4 Å². The molecule has 1 aliphatic rings. The molecule has 3 rings (SSSR count). The number of carbonyl (C=O) groups is 4. The smallest absolute Gasteiger partial charge is 0.420 e. The second-order valence-electron chi connectivity index (χ2n) is 9.77. The molecule has 11 nitrogen and oxygen atoms in total. The van der Waals surface area contributed by atoms with Gasteiger partial charge in [-0.05, 0) is 58.7 Å². The molecule has 0 bridgehead atoms. The normalized spacial score (nSPS) is 15.9. The Hall–Kier alpha value is -3.47. The monoisotopic (exact) mass is 503 g/mol. The number of Topliss-reactive ketones (excluding diaryl/α,β-unsaturated/α-hetero) is 1. The molecule has 1 aromatic carbocycles. The van der Waals surface area contributed by atoms with Crippen LogP contribution in [0.2, 0.25) is 0 Å². The van der Waals surface area contributed by atoms with Crippen LogP contribution in [0.15, 0.2) is 12.1 Å². The number of rotatable bonds is 7. The standard InChI is InChI=1S/C25H33N3O8/c1-7-15(3)35-23(32)18(20(29)22(30)31)21-26-19-14(2)12-16(27-8-10-34-11-9-27)13-17(19)28(21)24(33)36-25(4,5)6/h12-13,15,18H,7-11H2,1-6H3,(H,30,31). The number of ether oxygens (including phenoxy) is 3. The minimum atomic E-state index is -1.96. The van der Waals surface area contributed by atoms with Crippen LogP contribution in [-0.2, 0) is 28.6 Å². The molecule has 196 valence electrons. The second kappa shape index (κ2) is 10.7. The molecule has 1 saturated heterocycles. The van der Waals surface area contributed by atoms with Crippen molar-refractivity contribution in [3.05, 3.63) is 23.5 Å². The van der Waals surface area contributed by atoms with Crippen molar-refractivity contribution in [1.29, 1.82) is 0 Å². The van der Waals surface area contributed by atoms with Gasteiger partial charge in [0.15, 0.2) is 5.92 Å². The summed E-state index contributed by atoms with van der Waals surface area (Å²) >= 11 is 0. The van der Waals surface area contributed by atoms with Crippen LogP contribution in [0.1, 0.15) is 58.3 Å². The highest BCUT2D eigenvalue weighted by Gasteiger charge is 2.41. The van der Waals surface area contributed by atoms with Gasteiger partial charge in [0.2, 0.25) is 0 Å². The maximum atomic E-state index is 13.4. The summed E-state index contributed by atoms with van der Waals surface area (Å²) in [5.74, 6) is -6.70. The second-order valence-corrected chi connectivity index (χ2v) is 9.77. The minimum absolute atomic E-state index is 0.292. The zero-order valence-corrected chi connectivity index (χ0v) is 21.5. The number of benzene rings is 1. The summed E-state index contributed by atoms with van der Waals surface area (Å²) < 4.78 is 17.3. The number of esters is 1. The summed E-state index contributed by atoms with van der Waals surface area (Å²) in [6, 6.07) is 3.60. The van der Waals surface area contributed by atoms with Crippen LogP contribution < -0.4 is 4.90 Å². The Labute approximate surface area is 209 Å². The lowest BCUT2D eigenvalue weighted by Gasteiger charge is -2.29. The van der Waals surface area contributed by atoms with Crippen molar-refractivity contribution in [2.45, 2.75) is 65.6 Å². The van der Waals surface area contributed by atoms with Crippen LogP contribution in [0.3, 0.4) is 0 Å². The van der Waals surface area contributed by atoms with Crippen molar-refractivity contribution in [3.63, 3.8) is 0 Å². The van der Waals surface area contributed by atoms with Crippen LogP contribution in [0.5, 0.6) is 0 Å². The Morgan fingerprint density at radius 1 is 1.17 bits per heavy atom. The fourth-order valence-corrected chi connectivity index (χ4v) is 3.85. The molecular formula is C25H33N3O8. The van der Waals surface area contributed by atoms with Crippen LogP contribution >= 0.6 is 0 Å². The van der Waals surface area contributed by atoms with Gasteiger partial charge >= 0.3 is 18.0 Å². The van der Waals surface area contributed by atoms with Crippen LogP contribution in [0.25, 0.3) is 11.0 Å². The van der Waals surface area contributed by atoms with E-state index in [2.05, 4.69) is 9.88 Å². The average molecular weight is 504 g/mol. The summed E-state index contributed by atoms with van der Waals surface area (Å²) in [6.07, 6.45) is -1.02. The number of hydrogen-bond acceptors (Lipinski definition) is 9. The van der Waals surface area contributed by atoms with Gasteiger partial charge in [-0.15, -0.1) is 0 Å². The van der Waals surface area contributed by atoms with Gasteiger partial charge in [0.25, 0.3) is 5.78 Å². The van der Waals surface area contributed by atoms with E-state index in [1.54, 1.807) is 47.6 Å². The molecule has 0 amide bonds. The number of anilines is 1. The average Bonchev–Trinajstić information content (AvgIpc) is 3.18. The van der Waals surface area contributed by atoms with E-state index in [1.165, 1.54) is 0 Å². The van der Waals surface area contributed by atoms with Crippen LogP contribution in [0.4, 0.5) is 10.5 Å². The first kappa shape index (κ1) is 27.1. The third kappa shape index (κ3) is 5.84. The summed E-state index contributed by atoms with van der Waals surface area (Å²) in [5, 5.41) is 9.48. The molecule has 0 saturated carbocycles. The number of aryl methyl sites for hydroxylation is 1. The SMILES string of the molecule is CCC(C)OC(=O)C(C(=O)C(=O)O)c1nc2c(C)cc(N3CCOCC3)cc2n1C(=O)OC(C)(C)C. The molecule has 2 unspecified atom stereocenters. The molecule has 1 aliphatic heterocycles. The lowest BCUT2D eigenvalue weighted by Crippen LogP contribution is -2.36. The molecule has 0 radical (unpaired) electrons. The van der Waals surface area contributed by atoms with Gasteiger partial charge in [-0.3, -0.25) is 9.59 Å². The van der Waals surface area contributed by atoms with E-state index in [4.69, 9.17) is 14.2 Å². The van der Waals surface area contributed by atoms with Crippen molar-refractivity contribution >= 4 is 40.5 Å². The number of imidazole rings is 1. The summed E-state index contributed by atoms with van der Waals surface area (Å²) in [5.41, 5.74) is 1.19. The van der Waals surface area contributed by atoms with Crippen LogP contribution in [-0.4, -0.2) is 76.5 Å². The third-order valence-electron chi connectivity index (χ3n) is 5.77. The molecule has 2 atom stereocenters. The topological polar surface area (TPSA) is 137 Å². The fourth-order valence-electron chi connectivity index (χ4n) is 3.85. The Morgan fingerprint density at radius 3 is 2.36 bits per heavy atom. The number of morpholine rings is 1. The molecular weight excluding hydrogens is 470 g/mol. The predicted molar refractivity (Wildman–Crippen MR) is 130 cm³/mol. The number of hydrogen-bond donors (Lipinski definition) is 1. The highest BCUT2D eigenvalue weighted by atomic mass is 16.6. The number of carboxylic acids is 1. The maximum Gasteiger partial charge on any atom is 0.420 e. The minimum Gasteiger partial charge on any atom is -0.475 e. The van der Waals surface area contributed by atoms with Gasteiger partial charge in [0, 0.05) is 18.8 Å². The molecule has 2 aromatic rings.